The minimum absolute atomic E-state index is 0.193. The van der Waals surface area contributed by atoms with Crippen LogP contribution in [0.25, 0.3) is 0 Å². The van der Waals surface area contributed by atoms with Gasteiger partial charge in [-0.2, -0.15) is 0 Å². The molecule has 1 spiro atoms. The summed E-state index contributed by atoms with van der Waals surface area (Å²) in [5.41, 5.74) is 0. The van der Waals surface area contributed by atoms with Gasteiger partial charge in [0.2, 0.25) is 0 Å². The molecular formula is C9H16O3. The van der Waals surface area contributed by atoms with Crippen molar-refractivity contribution in [3.63, 3.8) is 0 Å². The third kappa shape index (κ3) is 1.16. The summed E-state index contributed by atoms with van der Waals surface area (Å²) in [6.45, 7) is 2.80. The largest absolute Gasteiger partial charge is 0.387 e. The van der Waals surface area contributed by atoms with E-state index in [-0.39, 0.29) is 6.10 Å². The molecule has 2 saturated heterocycles. The molecule has 2 rings (SSSR count). The van der Waals surface area contributed by atoms with Crippen LogP contribution < -0.4 is 0 Å². The summed E-state index contributed by atoms with van der Waals surface area (Å²) >= 11 is 0. The summed E-state index contributed by atoms with van der Waals surface area (Å²) in [7, 11) is 0. The fourth-order valence-corrected chi connectivity index (χ4v) is 2.08. The van der Waals surface area contributed by atoms with E-state index in [0.717, 1.165) is 32.3 Å². The average molecular weight is 172 g/mol. The van der Waals surface area contributed by atoms with Crippen molar-refractivity contribution >= 4 is 0 Å². The normalized spacial score (nSPS) is 47.5. The van der Waals surface area contributed by atoms with E-state index in [1.54, 1.807) is 0 Å². The lowest BCUT2D eigenvalue weighted by Gasteiger charge is -2.25. The van der Waals surface area contributed by atoms with Crippen LogP contribution in [0, 0.1) is 0 Å². The number of aliphatic hydroxyl groups is 1. The van der Waals surface area contributed by atoms with Gasteiger partial charge in [-0.15, -0.1) is 0 Å². The summed E-state index contributed by atoms with van der Waals surface area (Å²) in [5.74, 6) is -0.624. The van der Waals surface area contributed by atoms with Gasteiger partial charge in [-0.3, -0.25) is 0 Å². The number of hydrogen-bond acceptors (Lipinski definition) is 3. The lowest BCUT2D eigenvalue weighted by Crippen LogP contribution is -2.38. The topological polar surface area (TPSA) is 38.7 Å². The molecule has 2 aliphatic rings. The van der Waals surface area contributed by atoms with Gasteiger partial charge in [0.1, 0.15) is 6.10 Å². The first-order valence-corrected chi connectivity index (χ1v) is 4.76. The first-order chi connectivity index (χ1) is 5.77. The van der Waals surface area contributed by atoms with Gasteiger partial charge in [-0.1, -0.05) is 6.92 Å². The number of rotatable bonds is 1. The zero-order valence-electron chi connectivity index (χ0n) is 7.45. The zero-order chi connectivity index (χ0) is 8.60. The Morgan fingerprint density at radius 2 is 2.42 bits per heavy atom. The predicted molar refractivity (Wildman–Crippen MR) is 43.7 cm³/mol. The first-order valence-electron chi connectivity index (χ1n) is 4.76. The van der Waals surface area contributed by atoms with Crippen LogP contribution >= 0.6 is 0 Å². The predicted octanol–water partition coefficient (Wildman–Crippen LogP) is 1.05. The highest BCUT2D eigenvalue weighted by Gasteiger charge is 2.50. The van der Waals surface area contributed by atoms with Crippen LogP contribution in [0.5, 0.6) is 0 Å². The molecule has 0 radical (unpaired) electrons. The standard InChI is InChI=1S/C9H16O3/c1-2-7-6-8(10)9(12-7)4-3-5-11-9/h7-8,10H,2-6H2,1H3/t7-,8-,9-/m0/s1. The van der Waals surface area contributed by atoms with E-state index in [1.165, 1.54) is 0 Å². The SMILES string of the molecule is CC[C@H]1C[C@H](O)[C@]2(CCCO2)O1. The lowest BCUT2D eigenvalue weighted by molar-refractivity contribution is -0.232. The van der Waals surface area contributed by atoms with Crippen LogP contribution in [0.1, 0.15) is 32.6 Å². The van der Waals surface area contributed by atoms with Crippen molar-refractivity contribution in [3.8, 4) is 0 Å². The van der Waals surface area contributed by atoms with Crippen LogP contribution in [-0.2, 0) is 9.47 Å². The lowest BCUT2D eigenvalue weighted by atomic mass is 10.0. The highest BCUT2D eigenvalue weighted by molar-refractivity contribution is 4.91. The van der Waals surface area contributed by atoms with Gasteiger partial charge < -0.3 is 14.6 Å². The second kappa shape index (κ2) is 2.98. The molecule has 2 heterocycles. The van der Waals surface area contributed by atoms with Crippen LogP contribution in [-0.4, -0.2) is 29.7 Å². The summed E-state index contributed by atoms with van der Waals surface area (Å²) in [4.78, 5) is 0. The van der Waals surface area contributed by atoms with Gasteiger partial charge in [-0.25, -0.2) is 0 Å². The highest BCUT2D eigenvalue weighted by atomic mass is 16.7. The van der Waals surface area contributed by atoms with E-state index < -0.39 is 11.9 Å². The maximum atomic E-state index is 9.73. The molecule has 0 aromatic heterocycles. The molecule has 1 N–H and O–H groups in total. The monoisotopic (exact) mass is 172 g/mol. The number of aliphatic hydroxyl groups excluding tert-OH is 1. The van der Waals surface area contributed by atoms with Gasteiger partial charge in [0.15, 0.2) is 5.79 Å². The fraction of sp³-hybridized carbons (Fsp3) is 1.00. The Hall–Kier alpha value is -0.120. The van der Waals surface area contributed by atoms with Crippen molar-refractivity contribution in [1.82, 2.24) is 0 Å². The molecular weight excluding hydrogens is 156 g/mol. The Labute approximate surface area is 72.7 Å². The molecule has 2 fully saturated rings. The summed E-state index contributed by atoms with van der Waals surface area (Å²) in [6, 6.07) is 0. The molecule has 0 aromatic carbocycles. The van der Waals surface area contributed by atoms with Gasteiger partial charge in [0.05, 0.1) is 12.7 Å². The van der Waals surface area contributed by atoms with E-state index in [2.05, 4.69) is 6.92 Å². The third-order valence-corrected chi connectivity index (χ3v) is 2.83. The molecule has 70 valence electrons. The van der Waals surface area contributed by atoms with E-state index in [9.17, 15) is 5.11 Å². The van der Waals surface area contributed by atoms with Crippen molar-refractivity contribution in [2.24, 2.45) is 0 Å². The molecule has 3 nitrogen and oxygen atoms in total. The Morgan fingerprint density at radius 3 is 2.92 bits per heavy atom. The molecule has 0 bridgehead atoms. The molecule has 3 atom stereocenters. The quantitative estimate of drug-likeness (QED) is 0.642. The van der Waals surface area contributed by atoms with Crippen molar-refractivity contribution in [3.05, 3.63) is 0 Å². The smallest absolute Gasteiger partial charge is 0.194 e. The molecule has 0 unspecified atom stereocenters. The van der Waals surface area contributed by atoms with E-state index >= 15 is 0 Å². The Balaban J connectivity index is 2.06. The summed E-state index contributed by atoms with van der Waals surface area (Å²) in [5, 5.41) is 9.73. The van der Waals surface area contributed by atoms with Crippen molar-refractivity contribution in [2.45, 2.75) is 50.6 Å². The van der Waals surface area contributed by atoms with Gasteiger partial charge in [0.25, 0.3) is 0 Å². The molecule has 0 saturated carbocycles. The maximum Gasteiger partial charge on any atom is 0.194 e. The molecule has 2 aliphatic heterocycles. The van der Waals surface area contributed by atoms with Crippen molar-refractivity contribution < 1.29 is 14.6 Å². The second-order valence-electron chi connectivity index (χ2n) is 3.66. The van der Waals surface area contributed by atoms with Crippen molar-refractivity contribution in [2.75, 3.05) is 6.61 Å². The van der Waals surface area contributed by atoms with Gasteiger partial charge in [-0.05, 0) is 12.8 Å². The minimum atomic E-state index is -0.624. The summed E-state index contributed by atoms with van der Waals surface area (Å²) < 4.78 is 11.2. The van der Waals surface area contributed by atoms with Crippen molar-refractivity contribution in [1.29, 1.82) is 0 Å². The molecule has 3 heteroatoms. The van der Waals surface area contributed by atoms with E-state index in [1.807, 2.05) is 0 Å². The molecule has 12 heavy (non-hydrogen) atoms. The first kappa shape index (κ1) is 8.48. The van der Waals surface area contributed by atoms with E-state index in [4.69, 9.17) is 9.47 Å². The average Bonchev–Trinajstić information content (AvgIpc) is 2.63. The number of hydrogen-bond donors (Lipinski definition) is 1. The maximum absolute atomic E-state index is 9.73. The Morgan fingerprint density at radius 1 is 1.58 bits per heavy atom. The van der Waals surface area contributed by atoms with Crippen LogP contribution in [0.15, 0.2) is 0 Å². The second-order valence-corrected chi connectivity index (χ2v) is 3.66. The fourth-order valence-electron chi connectivity index (χ4n) is 2.08. The Bertz CT molecular complexity index is 163. The van der Waals surface area contributed by atoms with Gasteiger partial charge in [0, 0.05) is 12.8 Å². The van der Waals surface area contributed by atoms with E-state index in [0.29, 0.717) is 0 Å². The van der Waals surface area contributed by atoms with Gasteiger partial charge >= 0.3 is 0 Å². The summed E-state index contributed by atoms with van der Waals surface area (Å²) in [6.07, 6.45) is 3.33. The third-order valence-electron chi connectivity index (χ3n) is 2.83. The van der Waals surface area contributed by atoms with Crippen LogP contribution in [0.3, 0.4) is 0 Å². The van der Waals surface area contributed by atoms with Crippen LogP contribution in [0.4, 0.5) is 0 Å². The highest BCUT2D eigenvalue weighted by Crippen LogP contribution is 2.40. The zero-order valence-corrected chi connectivity index (χ0v) is 7.45. The Kier molecular flexibility index (Phi) is 2.10. The molecule has 0 amide bonds. The molecule has 0 aliphatic carbocycles. The minimum Gasteiger partial charge on any atom is -0.387 e. The molecule has 0 aromatic rings. The van der Waals surface area contributed by atoms with Crippen LogP contribution in [0.2, 0.25) is 0 Å². The number of ether oxygens (including phenoxy) is 2.